The van der Waals surface area contributed by atoms with Crippen molar-refractivity contribution in [2.75, 3.05) is 32.7 Å². The fourth-order valence-electron chi connectivity index (χ4n) is 2.09. The van der Waals surface area contributed by atoms with Gasteiger partial charge in [0.15, 0.2) is 11.5 Å². The van der Waals surface area contributed by atoms with Crippen molar-refractivity contribution in [1.29, 1.82) is 0 Å². The number of rotatable bonds is 6. The molecule has 0 atom stereocenters. The van der Waals surface area contributed by atoms with E-state index in [9.17, 15) is 0 Å². The third kappa shape index (κ3) is 4.02. The van der Waals surface area contributed by atoms with Gasteiger partial charge in [0, 0.05) is 19.3 Å². The highest BCUT2D eigenvalue weighted by Crippen LogP contribution is 2.27. The fraction of sp³-hybridized carbons (Fsp3) is 0.222. The topological polar surface area (TPSA) is 21.7 Å². The molecule has 2 aromatic rings. The van der Waals surface area contributed by atoms with Gasteiger partial charge in [-0.25, -0.2) is 0 Å². The molecule has 0 unspecified atom stereocenters. The van der Waals surface area contributed by atoms with Gasteiger partial charge in [0.2, 0.25) is 0 Å². The molecule has 0 amide bonds. The number of nitrogens with zero attached hydrogens (tertiary/aromatic N) is 1. The number of methoxy groups -OCH3 is 2. The number of hydrogen-bond acceptors (Lipinski definition) is 3. The number of benzene rings is 2. The van der Waals surface area contributed by atoms with E-state index >= 15 is 0 Å². The molecule has 2 aromatic carbocycles. The van der Waals surface area contributed by atoms with Gasteiger partial charge in [-0.15, -0.1) is 0 Å². The molecule has 110 valence electrons. The molecule has 21 heavy (non-hydrogen) atoms. The number of ether oxygens (including phenoxy) is 2. The number of anilines is 1. The molecule has 0 spiro atoms. The molecule has 0 radical (unpaired) electrons. The Labute approximate surface area is 126 Å². The predicted molar refractivity (Wildman–Crippen MR) is 88.3 cm³/mol. The van der Waals surface area contributed by atoms with E-state index in [0.29, 0.717) is 0 Å². The number of likely N-dealkylation sites (N-methyl/N-ethyl adjacent to an activating group) is 1. The standard InChI is InChI=1S/C18H21NO2/c1-19(16-9-5-4-6-10-16)13-7-8-15-11-12-17(20-2)18(14-15)21-3/h4-12,14H,13H2,1-3H3/b8-7+. The molecule has 0 fully saturated rings. The summed E-state index contributed by atoms with van der Waals surface area (Å²) in [6.07, 6.45) is 4.22. The molecule has 2 rings (SSSR count). The zero-order valence-electron chi connectivity index (χ0n) is 12.7. The second kappa shape index (κ2) is 7.39. The second-order valence-corrected chi connectivity index (χ2v) is 4.73. The van der Waals surface area contributed by atoms with Gasteiger partial charge in [-0.2, -0.15) is 0 Å². The van der Waals surface area contributed by atoms with Crippen molar-refractivity contribution in [2.24, 2.45) is 0 Å². The van der Waals surface area contributed by atoms with Crippen molar-refractivity contribution in [1.82, 2.24) is 0 Å². The van der Waals surface area contributed by atoms with Gasteiger partial charge in [0.25, 0.3) is 0 Å². The lowest BCUT2D eigenvalue weighted by Crippen LogP contribution is -2.16. The molecule has 3 heteroatoms. The molecule has 0 aliphatic rings. The third-order valence-corrected chi connectivity index (χ3v) is 3.29. The minimum atomic E-state index is 0.746. The first kappa shape index (κ1) is 15.0. The summed E-state index contributed by atoms with van der Waals surface area (Å²) in [4.78, 5) is 2.19. The molecule has 0 aliphatic heterocycles. The minimum Gasteiger partial charge on any atom is -0.493 e. The van der Waals surface area contributed by atoms with E-state index in [1.807, 2.05) is 36.4 Å². The van der Waals surface area contributed by atoms with Gasteiger partial charge in [0.1, 0.15) is 0 Å². The minimum absolute atomic E-state index is 0.746. The van der Waals surface area contributed by atoms with Crippen LogP contribution in [0, 0.1) is 0 Å². The van der Waals surface area contributed by atoms with Crippen LogP contribution in [0.2, 0.25) is 0 Å². The van der Waals surface area contributed by atoms with E-state index in [0.717, 1.165) is 23.6 Å². The lowest BCUT2D eigenvalue weighted by Gasteiger charge is -2.16. The fourth-order valence-corrected chi connectivity index (χ4v) is 2.09. The molecule has 0 saturated heterocycles. The van der Waals surface area contributed by atoms with Crippen LogP contribution in [-0.4, -0.2) is 27.8 Å². The van der Waals surface area contributed by atoms with Gasteiger partial charge >= 0.3 is 0 Å². The van der Waals surface area contributed by atoms with Crippen LogP contribution in [-0.2, 0) is 0 Å². The van der Waals surface area contributed by atoms with Crippen LogP contribution in [0.3, 0.4) is 0 Å². The second-order valence-electron chi connectivity index (χ2n) is 4.73. The Kier molecular flexibility index (Phi) is 5.27. The summed E-state index contributed by atoms with van der Waals surface area (Å²) < 4.78 is 10.5. The molecule has 3 nitrogen and oxygen atoms in total. The molecular weight excluding hydrogens is 262 g/mol. The Morgan fingerprint density at radius 2 is 1.67 bits per heavy atom. The smallest absolute Gasteiger partial charge is 0.161 e. The van der Waals surface area contributed by atoms with E-state index in [4.69, 9.17) is 9.47 Å². The van der Waals surface area contributed by atoms with Crippen LogP contribution in [0.15, 0.2) is 54.6 Å². The summed E-state index contributed by atoms with van der Waals surface area (Å²) in [5.74, 6) is 1.49. The van der Waals surface area contributed by atoms with Gasteiger partial charge in [-0.3, -0.25) is 0 Å². The quantitative estimate of drug-likeness (QED) is 0.803. The number of para-hydroxylation sites is 1. The lowest BCUT2D eigenvalue weighted by atomic mass is 10.2. The molecular formula is C18H21NO2. The van der Waals surface area contributed by atoms with Crippen LogP contribution in [0.4, 0.5) is 5.69 Å². The van der Waals surface area contributed by atoms with Crippen molar-refractivity contribution in [3.8, 4) is 11.5 Å². The van der Waals surface area contributed by atoms with Crippen molar-refractivity contribution in [2.45, 2.75) is 0 Å². The highest BCUT2D eigenvalue weighted by molar-refractivity contribution is 5.57. The van der Waals surface area contributed by atoms with Crippen molar-refractivity contribution < 1.29 is 9.47 Å². The maximum Gasteiger partial charge on any atom is 0.161 e. The molecule has 0 heterocycles. The van der Waals surface area contributed by atoms with Crippen molar-refractivity contribution in [3.05, 3.63) is 60.2 Å². The average Bonchev–Trinajstić information content (AvgIpc) is 2.55. The molecule has 0 aromatic heterocycles. The molecule has 0 bridgehead atoms. The zero-order valence-corrected chi connectivity index (χ0v) is 12.7. The lowest BCUT2D eigenvalue weighted by molar-refractivity contribution is 0.355. The monoisotopic (exact) mass is 283 g/mol. The first-order valence-electron chi connectivity index (χ1n) is 6.89. The summed E-state index contributed by atoms with van der Waals surface area (Å²) in [5, 5.41) is 0. The Morgan fingerprint density at radius 1 is 0.952 bits per heavy atom. The SMILES string of the molecule is COc1ccc(/C=C/CN(C)c2ccccc2)cc1OC. The summed E-state index contributed by atoms with van der Waals surface area (Å²) in [6, 6.07) is 16.2. The maximum atomic E-state index is 5.30. The van der Waals surface area contributed by atoms with Gasteiger partial charge in [-0.05, 0) is 29.8 Å². The zero-order chi connectivity index (χ0) is 15.1. The summed E-state index contributed by atoms with van der Waals surface area (Å²) in [6.45, 7) is 0.846. The summed E-state index contributed by atoms with van der Waals surface area (Å²) >= 11 is 0. The molecule has 0 N–H and O–H groups in total. The van der Waals surface area contributed by atoms with E-state index < -0.39 is 0 Å². The summed E-state index contributed by atoms with van der Waals surface area (Å²) in [7, 11) is 5.37. The van der Waals surface area contributed by atoms with E-state index in [1.54, 1.807) is 14.2 Å². The Balaban J connectivity index is 2.01. The van der Waals surface area contributed by atoms with Gasteiger partial charge in [-0.1, -0.05) is 36.4 Å². The third-order valence-electron chi connectivity index (χ3n) is 3.29. The van der Waals surface area contributed by atoms with E-state index in [1.165, 1.54) is 5.69 Å². The van der Waals surface area contributed by atoms with E-state index in [-0.39, 0.29) is 0 Å². The Hall–Kier alpha value is -2.42. The van der Waals surface area contributed by atoms with Crippen LogP contribution >= 0.6 is 0 Å². The average molecular weight is 283 g/mol. The summed E-state index contributed by atoms with van der Waals surface area (Å²) in [5.41, 5.74) is 2.29. The van der Waals surface area contributed by atoms with Crippen LogP contribution in [0.25, 0.3) is 6.08 Å². The number of hydrogen-bond donors (Lipinski definition) is 0. The largest absolute Gasteiger partial charge is 0.493 e. The molecule has 0 aliphatic carbocycles. The first-order chi connectivity index (χ1) is 10.2. The Morgan fingerprint density at radius 3 is 2.33 bits per heavy atom. The van der Waals surface area contributed by atoms with Crippen LogP contribution in [0.1, 0.15) is 5.56 Å². The van der Waals surface area contributed by atoms with Crippen LogP contribution < -0.4 is 14.4 Å². The highest BCUT2D eigenvalue weighted by Gasteiger charge is 2.02. The predicted octanol–water partition coefficient (Wildman–Crippen LogP) is 3.85. The van der Waals surface area contributed by atoms with Gasteiger partial charge in [0.05, 0.1) is 14.2 Å². The molecule has 0 saturated carbocycles. The van der Waals surface area contributed by atoms with Gasteiger partial charge < -0.3 is 14.4 Å². The normalized spacial score (nSPS) is 10.6. The van der Waals surface area contributed by atoms with Crippen LogP contribution in [0.5, 0.6) is 11.5 Å². The Bertz CT molecular complexity index is 593. The highest BCUT2D eigenvalue weighted by atomic mass is 16.5. The van der Waals surface area contributed by atoms with Crippen molar-refractivity contribution >= 4 is 11.8 Å². The van der Waals surface area contributed by atoms with Crippen molar-refractivity contribution in [3.63, 3.8) is 0 Å². The maximum absolute atomic E-state index is 5.30. The van der Waals surface area contributed by atoms with E-state index in [2.05, 4.69) is 36.2 Å². The first-order valence-corrected chi connectivity index (χ1v) is 6.89.